The molecule has 2 heterocycles. The number of benzene rings is 2. The molecule has 0 saturated carbocycles. The van der Waals surface area contributed by atoms with Crippen LogP contribution in [0.5, 0.6) is 5.75 Å². The largest absolute Gasteiger partial charge is 0.489 e. The van der Waals surface area contributed by atoms with Crippen LogP contribution >= 0.6 is 0 Å². The standard InChI is InChI=1S/C24H23N5O2/c1-16-13-17(2)26-24(25-16)29-22(14-18(3)28-29)27-23(30)20-11-9-19(10-12-20)15-31-21-7-5-4-6-8-21/h4-14H,15H2,1-3H3,(H,27,30). The summed E-state index contributed by atoms with van der Waals surface area (Å²) in [5.74, 6) is 1.51. The van der Waals surface area contributed by atoms with E-state index in [2.05, 4.69) is 20.4 Å². The zero-order valence-corrected chi connectivity index (χ0v) is 17.7. The average molecular weight is 413 g/mol. The lowest BCUT2D eigenvalue weighted by atomic mass is 10.1. The molecule has 2 aromatic carbocycles. The van der Waals surface area contributed by atoms with Gasteiger partial charge in [0.25, 0.3) is 11.9 Å². The zero-order chi connectivity index (χ0) is 21.8. The first kappa shape index (κ1) is 20.3. The molecular formula is C24H23N5O2. The lowest BCUT2D eigenvalue weighted by molar-refractivity contribution is 0.102. The number of anilines is 1. The summed E-state index contributed by atoms with van der Waals surface area (Å²) in [4.78, 5) is 21.7. The number of ether oxygens (including phenoxy) is 1. The molecule has 0 spiro atoms. The predicted octanol–water partition coefficient (Wildman–Crippen LogP) is 4.42. The van der Waals surface area contributed by atoms with Gasteiger partial charge in [-0.2, -0.15) is 9.78 Å². The quantitative estimate of drug-likeness (QED) is 0.506. The fraction of sp³-hybridized carbons (Fsp3) is 0.167. The van der Waals surface area contributed by atoms with E-state index in [1.807, 2.05) is 69.3 Å². The van der Waals surface area contributed by atoms with Crippen molar-refractivity contribution in [3.05, 3.63) is 94.9 Å². The Balaban J connectivity index is 1.47. The van der Waals surface area contributed by atoms with Crippen molar-refractivity contribution in [3.63, 3.8) is 0 Å². The lowest BCUT2D eigenvalue weighted by Gasteiger charge is -2.10. The van der Waals surface area contributed by atoms with Crippen molar-refractivity contribution >= 4 is 11.7 Å². The van der Waals surface area contributed by atoms with Crippen molar-refractivity contribution in [2.45, 2.75) is 27.4 Å². The molecule has 7 nitrogen and oxygen atoms in total. The molecule has 0 aliphatic carbocycles. The first-order chi connectivity index (χ1) is 15.0. The van der Waals surface area contributed by atoms with Gasteiger partial charge in [0.1, 0.15) is 18.2 Å². The highest BCUT2D eigenvalue weighted by Crippen LogP contribution is 2.17. The lowest BCUT2D eigenvalue weighted by Crippen LogP contribution is -2.16. The Morgan fingerprint density at radius 3 is 2.26 bits per heavy atom. The maximum atomic E-state index is 12.8. The minimum atomic E-state index is -0.235. The van der Waals surface area contributed by atoms with Gasteiger partial charge >= 0.3 is 0 Å². The summed E-state index contributed by atoms with van der Waals surface area (Å²) in [5.41, 5.74) is 3.94. The summed E-state index contributed by atoms with van der Waals surface area (Å²) in [7, 11) is 0. The van der Waals surface area contributed by atoms with Crippen LogP contribution in [0.3, 0.4) is 0 Å². The average Bonchev–Trinajstić information content (AvgIpc) is 3.12. The van der Waals surface area contributed by atoms with E-state index in [9.17, 15) is 4.79 Å². The zero-order valence-electron chi connectivity index (χ0n) is 17.7. The summed E-state index contributed by atoms with van der Waals surface area (Å²) in [5, 5.41) is 7.35. The molecule has 1 amide bonds. The third kappa shape index (κ3) is 4.95. The van der Waals surface area contributed by atoms with Gasteiger partial charge in [0, 0.05) is 23.0 Å². The third-order valence-corrected chi connectivity index (χ3v) is 4.60. The normalized spacial score (nSPS) is 10.7. The van der Waals surface area contributed by atoms with Crippen molar-refractivity contribution in [2.75, 3.05) is 5.32 Å². The van der Waals surface area contributed by atoms with Gasteiger partial charge in [0.2, 0.25) is 0 Å². The molecule has 0 unspecified atom stereocenters. The molecule has 0 saturated heterocycles. The molecule has 4 aromatic rings. The Morgan fingerprint density at radius 1 is 0.903 bits per heavy atom. The number of carbonyl (C=O) groups excluding carboxylic acids is 1. The Bertz CT molecular complexity index is 1180. The first-order valence-electron chi connectivity index (χ1n) is 9.95. The molecule has 4 rings (SSSR count). The highest BCUT2D eigenvalue weighted by molar-refractivity contribution is 6.03. The summed E-state index contributed by atoms with van der Waals surface area (Å²) >= 11 is 0. The van der Waals surface area contributed by atoms with Gasteiger partial charge in [-0.05, 0) is 56.7 Å². The highest BCUT2D eigenvalue weighted by atomic mass is 16.5. The Morgan fingerprint density at radius 2 is 1.58 bits per heavy atom. The molecule has 0 aliphatic heterocycles. The molecule has 1 N–H and O–H groups in total. The van der Waals surface area contributed by atoms with Gasteiger partial charge in [0.05, 0.1) is 5.69 Å². The van der Waals surface area contributed by atoms with Crippen LogP contribution in [0, 0.1) is 20.8 Å². The van der Waals surface area contributed by atoms with Crippen LogP contribution < -0.4 is 10.1 Å². The van der Waals surface area contributed by atoms with Crippen molar-refractivity contribution in [2.24, 2.45) is 0 Å². The predicted molar refractivity (Wildman–Crippen MR) is 119 cm³/mol. The van der Waals surface area contributed by atoms with Crippen LogP contribution in [-0.4, -0.2) is 25.7 Å². The first-order valence-corrected chi connectivity index (χ1v) is 9.95. The maximum absolute atomic E-state index is 12.8. The molecule has 0 atom stereocenters. The fourth-order valence-electron chi connectivity index (χ4n) is 3.17. The van der Waals surface area contributed by atoms with Gasteiger partial charge in [-0.25, -0.2) is 9.97 Å². The number of carbonyl (C=O) groups is 1. The minimum Gasteiger partial charge on any atom is -0.489 e. The Labute approximate surface area is 180 Å². The number of aryl methyl sites for hydroxylation is 3. The molecule has 0 fully saturated rings. The molecule has 31 heavy (non-hydrogen) atoms. The number of hydrogen-bond acceptors (Lipinski definition) is 5. The highest BCUT2D eigenvalue weighted by Gasteiger charge is 2.15. The summed E-state index contributed by atoms with van der Waals surface area (Å²) < 4.78 is 7.30. The van der Waals surface area contributed by atoms with E-state index in [0.717, 1.165) is 28.4 Å². The van der Waals surface area contributed by atoms with Gasteiger partial charge < -0.3 is 10.1 Å². The molecule has 0 aliphatic rings. The number of para-hydroxylation sites is 1. The second-order valence-corrected chi connectivity index (χ2v) is 7.29. The van der Waals surface area contributed by atoms with Crippen LogP contribution in [0.1, 0.15) is 33.0 Å². The van der Waals surface area contributed by atoms with Crippen molar-refractivity contribution < 1.29 is 9.53 Å². The molecular weight excluding hydrogens is 390 g/mol. The second kappa shape index (κ2) is 8.79. The van der Waals surface area contributed by atoms with E-state index in [4.69, 9.17) is 4.74 Å². The third-order valence-electron chi connectivity index (χ3n) is 4.60. The number of nitrogens with zero attached hydrogens (tertiary/aromatic N) is 4. The number of aromatic nitrogens is 4. The van der Waals surface area contributed by atoms with E-state index < -0.39 is 0 Å². The molecule has 2 aromatic heterocycles. The molecule has 0 bridgehead atoms. The van der Waals surface area contributed by atoms with Crippen LogP contribution in [0.2, 0.25) is 0 Å². The summed E-state index contributed by atoms with van der Waals surface area (Å²) in [6.45, 7) is 6.09. The summed E-state index contributed by atoms with van der Waals surface area (Å²) in [6.07, 6.45) is 0. The van der Waals surface area contributed by atoms with E-state index in [1.54, 1.807) is 22.9 Å². The van der Waals surface area contributed by atoms with Crippen molar-refractivity contribution in [1.29, 1.82) is 0 Å². The Kier molecular flexibility index (Phi) is 5.75. The van der Waals surface area contributed by atoms with Crippen molar-refractivity contribution in [3.8, 4) is 11.7 Å². The van der Waals surface area contributed by atoms with Gasteiger partial charge in [0.15, 0.2) is 0 Å². The number of amides is 1. The number of nitrogens with one attached hydrogen (secondary N) is 1. The van der Waals surface area contributed by atoms with E-state index in [1.165, 1.54) is 0 Å². The van der Waals surface area contributed by atoms with Crippen LogP contribution in [-0.2, 0) is 6.61 Å². The van der Waals surface area contributed by atoms with Crippen LogP contribution in [0.4, 0.5) is 5.82 Å². The second-order valence-electron chi connectivity index (χ2n) is 7.29. The van der Waals surface area contributed by atoms with Crippen molar-refractivity contribution in [1.82, 2.24) is 19.7 Å². The molecule has 7 heteroatoms. The number of hydrogen-bond donors (Lipinski definition) is 1. The molecule has 0 radical (unpaired) electrons. The van der Waals surface area contributed by atoms with Crippen LogP contribution in [0.15, 0.2) is 66.7 Å². The van der Waals surface area contributed by atoms with E-state index in [0.29, 0.717) is 23.9 Å². The van der Waals surface area contributed by atoms with Gasteiger partial charge in [-0.1, -0.05) is 30.3 Å². The topological polar surface area (TPSA) is 81.9 Å². The van der Waals surface area contributed by atoms with E-state index >= 15 is 0 Å². The smallest absolute Gasteiger partial charge is 0.256 e. The van der Waals surface area contributed by atoms with Gasteiger partial charge in [-0.15, -0.1) is 0 Å². The summed E-state index contributed by atoms with van der Waals surface area (Å²) in [6, 6.07) is 20.6. The SMILES string of the molecule is Cc1cc(C)nc(-n2nc(C)cc2NC(=O)c2ccc(COc3ccccc3)cc2)n1. The van der Waals surface area contributed by atoms with Gasteiger partial charge in [-0.3, -0.25) is 4.79 Å². The molecule has 156 valence electrons. The maximum Gasteiger partial charge on any atom is 0.256 e. The Hall–Kier alpha value is -4.00. The van der Waals surface area contributed by atoms with E-state index in [-0.39, 0.29) is 5.91 Å². The van der Waals surface area contributed by atoms with Crippen LogP contribution in [0.25, 0.3) is 5.95 Å². The fourth-order valence-corrected chi connectivity index (χ4v) is 3.17. The minimum absolute atomic E-state index is 0.235. The number of rotatable bonds is 6. The monoisotopic (exact) mass is 413 g/mol.